The number of fused-ring (bicyclic) bond motifs is 1. The summed E-state index contributed by atoms with van der Waals surface area (Å²) in [7, 11) is -3.74. The number of hydrogen-bond donors (Lipinski definition) is 4. The molecule has 2 saturated carbocycles. The van der Waals surface area contributed by atoms with Gasteiger partial charge in [0, 0.05) is 13.0 Å². The lowest BCUT2D eigenvalue weighted by Crippen LogP contribution is -2.63. The molecule has 276 valence electrons. The van der Waals surface area contributed by atoms with Crippen LogP contribution in [0.5, 0.6) is 0 Å². The normalized spacial score (nSPS) is 22.9. The highest BCUT2D eigenvalue weighted by Gasteiger charge is 2.70. The second-order valence-corrected chi connectivity index (χ2v) is 17.7. The lowest BCUT2D eigenvalue weighted by atomic mass is 9.83. The summed E-state index contributed by atoms with van der Waals surface area (Å²) >= 11 is 0. The van der Waals surface area contributed by atoms with Crippen molar-refractivity contribution in [2.24, 2.45) is 22.7 Å². The Morgan fingerprint density at radius 1 is 0.980 bits per heavy atom. The Kier molecular flexibility index (Phi) is 12.0. The van der Waals surface area contributed by atoms with E-state index in [2.05, 4.69) is 33.1 Å². The molecule has 3 unspecified atom stereocenters. The first-order chi connectivity index (χ1) is 23.9. The highest BCUT2D eigenvalue weighted by Crippen LogP contribution is 2.65. The molecule has 51 heavy (non-hydrogen) atoms. The van der Waals surface area contributed by atoms with Crippen molar-refractivity contribution in [3.8, 4) is 24.7 Å². The Morgan fingerprint density at radius 3 is 2.22 bits per heavy atom. The van der Waals surface area contributed by atoms with E-state index >= 15 is 0 Å². The molecule has 2 aliphatic carbocycles. The van der Waals surface area contributed by atoms with Gasteiger partial charge in [0.15, 0.2) is 9.84 Å². The molecule has 5 atom stereocenters. The molecule has 0 aromatic heterocycles. The Hall–Kier alpha value is -4.36. The fourth-order valence-electron chi connectivity index (χ4n) is 7.77. The van der Waals surface area contributed by atoms with Crippen molar-refractivity contribution in [2.75, 3.05) is 18.8 Å². The molecule has 0 bridgehead atoms. The van der Waals surface area contributed by atoms with Crippen LogP contribution < -0.4 is 21.3 Å². The van der Waals surface area contributed by atoms with Crippen molar-refractivity contribution in [2.45, 2.75) is 108 Å². The van der Waals surface area contributed by atoms with Crippen molar-refractivity contribution in [3.05, 3.63) is 30.3 Å². The molecule has 1 aliphatic heterocycles. The van der Waals surface area contributed by atoms with Crippen LogP contribution in [-0.4, -0.2) is 85.4 Å². The molecule has 3 fully saturated rings. The van der Waals surface area contributed by atoms with Gasteiger partial charge < -0.3 is 26.2 Å². The van der Waals surface area contributed by atoms with Crippen molar-refractivity contribution in [3.63, 3.8) is 0 Å². The number of likely N-dealkylation sites (tertiary alicyclic amines) is 1. The van der Waals surface area contributed by atoms with Crippen LogP contribution in [0.3, 0.4) is 0 Å². The van der Waals surface area contributed by atoms with Crippen LogP contribution in [0.2, 0.25) is 0 Å². The quantitative estimate of drug-likeness (QED) is 0.179. The van der Waals surface area contributed by atoms with Crippen molar-refractivity contribution >= 4 is 39.4 Å². The number of Topliss-reactive ketones (excluding diaryl/α,β-unsaturated/α-hetero) is 1. The van der Waals surface area contributed by atoms with E-state index < -0.39 is 68.5 Å². The largest absolute Gasteiger partial charge is 0.344 e. The molecule has 1 heterocycles. The third-order valence-electron chi connectivity index (χ3n) is 10.7. The summed E-state index contributed by atoms with van der Waals surface area (Å²) in [6.07, 6.45) is 14.1. The van der Waals surface area contributed by atoms with E-state index in [0.29, 0.717) is 12.8 Å². The Bertz CT molecular complexity index is 1700. The van der Waals surface area contributed by atoms with E-state index in [1.54, 1.807) is 39.0 Å². The SMILES string of the molecule is C#CCCC(NC(=O)C1[C@H]2C(CN1C(=O)[C@@H](NC(=O)NC1(CS(=O)(=O)c3ccccc3)CCCCC1)C(C)(C)C)C2(C)C)C(=O)C(=O)NCC#C. The number of ketones is 1. The third kappa shape index (κ3) is 8.93. The minimum absolute atomic E-state index is 0.000802. The van der Waals surface area contributed by atoms with Crippen molar-refractivity contribution < 1.29 is 32.4 Å². The molecule has 13 heteroatoms. The van der Waals surface area contributed by atoms with E-state index in [-0.39, 0.29) is 53.8 Å². The number of rotatable bonds is 13. The summed E-state index contributed by atoms with van der Waals surface area (Å²) < 4.78 is 26.9. The number of carbonyl (C=O) groups excluding carboxylic acids is 5. The Balaban J connectivity index is 1.56. The number of nitrogens with zero attached hydrogens (tertiary/aromatic N) is 1. The summed E-state index contributed by atoms with van der Waals surface area (Å²) in [6, 6.07) is 4.17. The van der Waals surface area contributed by atoms with E-state index in [0.717, 1.165) is 19.3 Å². The fraction of sp³-hybridized carbons (Fsp3) is 0.605. The average molecular weight is 722 g/mol. The maximum absolute atomic E-state index is 14.5. The lowest BCUT2D eigenvalue weighted by Gasteiger charge is -2.40. The lowest BCUT2D eigenvalue weighted by molar-refractivity contribution is -0.145. The summed E-state index contributed by atoms with van der Waals surface area (Å²) in [5, 5.41) is 10.8. The predicted molar refractivity (Wildman–Crippen MR) is 192 cm³/mol. The number of urea groups is 1. The van der Waals surface area contributed by atoms with Gasteiger partial charge in [-0.05, 0) is 54.1 Å². The van der Waals surface area contributed by atoms with Crippen LogP contribution in [0.25, 0.3) is 0 Å². The van der Waals surface area contributed by atoms with E-state index in [9.17, 15) is 32.4 Å². The summed E-state index contributed by atoms with van der Waals surface area (Å²) in [5.74, 6) is 1.24. The molecule has 4 rings (SSSR count). The maximum Gasteiger partial charge on any atom is 0.315 e. The number of benzene rings is 1. The second kappa shape index (κ2) is 15.5. The highest BCUT2D eigenvalue weighted by molar-refractivity contribution is 7.91. The number of amides is 5. The van der Waals surface area contributed by atoms with E-state index in [1.165, 1.54) is 17.0 Å². The molecule has 1 aromatic rings. The van der Waals surface area contributed by atoms with Crippen molar-refractivity contribution in [1.29, 1.82) is 0 Å². The monoisotopic (exact) mass is 721 g/mol. The fourth-order valence-corrected chi connectivity index (χ4v) is 9.60. The second-order valence-electron chi connectivity index (χ2n) is 15.8. The van der Waals surface area contributed by atoms with Gasteiger partial charge in [-0.15, -0.1) is 18.8 Å². The summed E-state index contributed by atoms with van der Waals surface area (Å²) in [4.78, 5) is 69.4. The number of terminal acetylenes is 2. The predicted octanol–water partition coefficient (Wildman–Crippen LogP) is 2.58. The molecular weight excluding hydrogens is 671 g/mol. The molecule has 1 aromatic carbocycles. The first-order valence-electron chi connectivity index (χ1n) is 17.5. The Morgan fingerprint density at radius 2 is 1.63 bits per heavy atom. The maximum atomic E-state index is 14.5. The van der Waals surface area contributed by atoms with Gasteiger partial charge in [-0.25, -0.2) is 13.2 Å². The molecule has 5 amide bonds. The van der Waals surface area contributed by atoms with Gasteiger partial charge in [0.05, 0.1) is 28.8 Å². The zero-order valence-corrected chi connectivity index (χ0v) is 31.0. The van der Waals surface area contributed by atoms with Gasteiger partial charge in [-0.2, -0.15) is 0 Å². The van der Waals surface area contributed by atoms with Crippen LogP contribution in [0, 0.1) is 47.4 Å². The molecule has 4 N–H and O–H groups in total. The van der Waals surface area contributed by atoms with Gasteiger partial charge in [0.25, 0.3) is 5.91 Å². The van der Waals surface area contributed by atoms with Crippen LogP contribution in [-0.2, 0) is 29.0 Å². The smallest absolute Gasteiger partial charge is 0.315 e. The van der Waals surface area contributed by atoms with E-state index in [1.807, 2.05) is 13.8 Å². The summed E-state index contributed by atoms with van der Waals surface area (Å²) in [5.41, 5.74) is -2.11. The minimum Gasteiger partial charge on any atom is -0.344 e. The molecule has 1 saturated heterocycles. The van der Waals surface area contributed by atoms with Gasteiger partial charge >= 0.3 is 6.03 Å². The Labute approximate surface area is 301 Å². The number of carbonyl (C=O) groups is 5. The van der Waals surface area contributed by atoms with Gasteiger partial charge in [-0.3, -0.25) is 19.2 Å². The first kappa shape index (κ1) is 39.4. The zero-order chi connectivity index (χ0) is 37.8. The van der Waals surface area contributed by atoms with Crippen LogP contribution in [0.4, 0.5) is 4.79 Å². The standard InChI is InChI=1S/C38H51N5O7S/c1-8-10-19-27(30(44)33(46)39-22-9-2)40-32(45)29-28-26(37(28,6)7)23-43(29)34(47)31(36(3,4)5)41-35(48)42-38(20-15-12-16-21-38)24-51(49,50)25-17-13-11-14-18-25/h1-2,11,13-14,17-18,26-29,31H,10,12,15-16,19-24H2,3-7H3,(H,39,46)(H,40,45)(H2,41,42,48)/t26?,27?,28-,29?,31-/m1/s1. The minimum atomic E-state index is -3.74. The number of hydrogen-bond acceptors (Lipinski definition) is 7. The van der Waals surface area contributed by atoms with E-state index in [4.69, 9.17) is 12.8 Å². The topological polar surface area (TPSA) is 171 Å². The number of nitrogens with one attached hydrogen (secondary N) is 4. The zero-order valence-electron chi connectivity index (χ0n) is 30.2. The molecule has 3 aliphatic rings. The van der Waals surface area contributed by atoms with Crippen LogP contribution in [0.15, 0.2) is 35.2 Å². The average Bonchev–Trinajstić information content (AvgIpc) is 3.38. The van der Waals surface area contributed by atoms with Gasteiger partial charge in [0.1, 0.15) is 12.1 Å². The number of sulfone groups is 1. The third-order valence-corrected chi connectivity index (χ3v) is 12.6. The molecule has 0 spiro atoms. The van der Waals surface area contributed by atoms with Crippen molar-refractivity contribution in [1.82, 2.24) is 26.2 Å². The number of piperidine rings is 1. The molecule has 12 nitrogen and oxygen atoms in total. The molecule has 0 radical (unpaired) electrons. The molecular formula is C38H51N5O7S. The highest BCUT2D eigenvalue weighted by atomic mass is 32.2. The van der Waals surface area contributed by atoms with Gasteiger partial charge in [-0.1, -0.05) is 78.0 Å². The van der Waals surface area contributed by atoms with Crippen LogP contribution in [0.1, 0.15) is 79.6 Å². The first-order valence-corrected chi connectivity index (χ1v) is 19.2. The summed E-state index contributed by atoms with van der Waals surface area (Å²) in [6.45, 7) is 9.51. The van der Waals surface area contributed by atoms with Crippen LogP contribution >= 0.6 is 0 Å². The van der Waals surface area contributed by atoms with Gasteiger partial charge in [0.2, 0.25) is 17.6 Å².